The maximum Gasteiger partial charge on any atom is 0.264 e. The zero-order valence-corrected chi connectivity index (χ0v) is 27.2. The average Bonchev–Trinajstić information content (AvgIpc) is 2.99. The Kier molecular flexibility index (Phi) is 11.1. The van der Waals surface area contributed by atoms with Crippen LogP contribution in [0.5, 0.6) is 0 Å². The lowest BCUT2D eigenvalue weighted by molar-refractivity contribution is -0.140. The van der Waals surface area contributed by atoms with Gasteiger partial charge in [-0.1, -0.05) is 83.4 Å². The van der Waals surface area contributed by atoms with E-state index in [2.05, 4.69) is 5.32 Å². The Morgan fingerprint density at radius 1 is 0.818 bits per heavy atom. The number of sulfonamides is 1. The maximum atomic E-state index is 14.4. The first-order valence-electron chi connectivity index (χ1n) is 14.2. The van der Waals surface area contributed by atoms with Crippen LogP contribution in [0.15, 0.2) is 102 Å². The van der Waals surface area contributed by atoms with Crippen LogP contribution in [-0.4, -0.2) is 44.3 Å². The molecular formula is C34H35Cl2N3O4S. The predicted molar refractivity (Wildman–Crippen MR) is 177 cm³/mol. The molecule has 0 fully saturated rings. The second-order valence-corrected chi connectivity index (χ2v) is 13.2. The van der Waals surface area contributed by atoms with Crippen LogP contribution < -0.4 is 9.62 Å². The summed E-state index contributed by atoms with van der Waals surface area (Å²) < 4.78 is 29.4. The summed E-state index contributed by atoms with van der Waals surface area (Å²) in [5.74, 6) is -0.899. The van der Waals surface area contributed by atoms with Gasteiger partial charge in [-0.25, -0.2) is 8.42 Å². The molecule has 0 aliphatic carbocycles. The minimum atomic E-state index is -4.21. The molecule has 7 nitrogen and oxygen atoms in total. The molecule has 0 aliphatic rings. The third-order valence-electron chi connectivity index (χ3n) is 7.18. The molecule has 4 aromatic carbocycles. The zero-order valence-electron chi connectivity index (χ0n) is 24.8. The molecule has 0 saturated heterocycles. The summed E-state index contributed by atoms with van der Waals surface area (Å²) in [6.45, 7) is 5.25. The molecule has 0 unspecified atom stereocenters. The molecule has 0 saturated carbocycles. The maximum absolute atomic E-state index is 14.4. The van der Waals surface area contributed by atoms with E-state index in [4.69, 9.17) is 23.2 Å². The van der Waals surface area contributed by atoms with Gasteiger partial charge in [-0.2, -0.15) is 0 Å². The summed E-state index contributed by atoms with van der Waals surface area (Å²) in [6, 6.07) is 26.8. The molecule has 4 aromatic rings. The lowest BCUT2D eigenvalue weighted by atomic mass is 10.0. The van der Waals surface area contributed by atoms with Crippen molar-refractivity contribution in [1.29, 1.82) is 0 Å². The van der Waals surface area contributed by atoms with E-state index >= 15 is 0 Å². The molecule has 4 rings (SSSR count). The molecule has 0 aromatic heterocycles. The second kappa shape index (κ2) is 14.8. The number of likely N-dealkylation sites (N-methyl/N-ethyl adjacent to an activating group) is 1. The lowest BCUT2D eigenvalue weighted by Gasteiger charge is -2.34. The number of hydrogen-bond donors (Lipinski definition) is 1. The monoisotopic (exact) mass is 651 g/mol. The number of rotatable bonds is 12. The number of benzene rings is 4. The summed E-state index contributed by atoms with van der Waals surface area (Å²) in [5.41, 5.74) is 3.33. The van der Waals surface area contributed by atoms with Crippen molar-refractivity contribution in [3.05, 3.63) is 129 Å². The SMILES string of the molecule is CCNC(=O)[C@@H](Cc1ccccc1)N(Cc1cccc(Cl)c1)C(=O)CN(c1ccc(Cl)cc1C)S(=O)(=O)c1ccc(C)cc1. The molecule has 1 N–H and O–H groups in total. The highest BCUT2D eigenvalue weighted by molar-refractivity contribution is 7.92. The van der Waals surface area contributed by atoms with Gasteiger partial charge >= 0.3 is 0 Å². The van der Waals surface area contributed by atoms with Gasteiger partial charge in [0.25, 0.3) is 10.0 Å². The van der Waals surface area contributed by atoms with E-state index in [0.29, 0.717) is 33.4 Å². The van der Waals surface area contributed by atoms with Crippen molar-refractivity contribution in [2.45, 2.75) is 44.7 Å². The molecule has 2 amide bonds. The molecule has 0 radical (unpaired) electrons. The van der Waals surface area contributed by atoms with Crippen molar-refractivity contribution in [3.8, 4) is 0 Å². The van der Waals surface area contributed by atoms with E-state index in [1.54, 1.807) is 62.4 Å². The van der Waals surface area contributed by atoms with Gasteiger partial charge in [-0.05, 0) is 79.9 Å². The predicted octanol–water partition coefficient (Wildman–Crippen LogP) is 6.58. The van der Waals surface area contributed by atoms with Gasteiger partial charge in [0.15, 0.2) is 0 Å². The van der Waals surface area contributed by atoms with Gasteiger partial charge in [0.2, 0.25) is 11.8 Å². The fourth-order valence-electron chi connectivity index (χ4n) is 4.93. The van der Waals surface area contributed by atoms with Crippen LogP contribution in [0.3, 0.4) is 0 Å². The number of nitrogens with zero attached hydrogens (tertiary/aromatic N) is 2. The van der Waals surface area contributed by atoms with Crippen LogP contribution in [0.4, 0.5) is 5.69 Å². The number of halogens is 2. The molecule has 0 bridgehead atoms. The van der Waals surface area contributed by atoms with Gasteiger partial charge in [-0.15, -0.1) is 0 Å². The molecular weight excluding hydrogens is 617 g/mol. The molecule has 10 heteroatoms. The highest BCUT2D eigenvalue weighted by Gasteiger charge is 2.35. The van der Waals surface area contributed by atoms with E-state index in [1.807, 2.05) is 43.3 Å². The van der Waals surface area contributed by atoms with Gasteiger partial charge in [0.05, 0.1) is 10.6 Å². The van der Waals surface area contributed by atoms with Crippen LogP contribution in [-0.2, 0) is 32.6 Å². The summed E-state index contributed by atoms with van der Waals surface area (Å²) in [4.78, 5) is 29.5. The minimum absolute atomic E-state index is 0.0338. The van der Waals surface area contributed by atoms with Crippen LogP contribution in [0.1, 0.15) is 29.2 Å². The number of carbonyl (C=O) groups is 2. The Morgan fingerprint density at radius 2 is 1.48 bits per heavy atom. The van der Waals surface area contributed by atoms with Crippen molar-refractivity contribution in [1.82, 2.24) is 10.2 Å². The van der Waals surface area contributed by atoms with Gasteiger partial charge < -0.3 is 10.2 Å². The molecule has 0 aliphatic heterocycles. The van der Waals surface area contributed by atoms with E-state index < -0.39 is 28.5 Å². The topological polar surface area (TPSA) is 86.8 Å². The number of hydrogen-bond acceptors (Lipinski definition) is 4. The van der Waals surface area contributed by atoms with Crippen molar-refractivity contribution in [3.63, 3.8) is 0 Å². The Balaban J connectivity index is 1.82. The first-order valence-corrected chi connectivity index (χ1v) is 16.4. The van der Waals surface area contributed by atoms with Crippen molar-refractivity contribution >= 4 is 50.7 Å². The Bertz CT molecular complexity index is 1710. The van der Waals surface area contributed by atoms with Crippen molar-refractivity contribution in [2.24, 2.45) is 0 Å². The summed E-state index contributed by atoms with van der Waals surface area (Å²) in [6.07, 6.45) is 0.226. The van der Waals surface area contributed by atoms with E-state index in [0.717, 1.165) is 15.4 Å². The van der Waals surface area contributed by atoms with Gasteiger partial charge in [0, 0.05) is 29.6 Å². The molecule has 0 heterocycles. The van der Waals surface area contributed by atoms with Crippen molar-refractivity contribution in [2.75, 3.05) is 17.4 Å². The first kappa shape index (κ1) is 33.1. The highest BCUT2D eigenvalue weighted by Crippen LogP contribution is 2.30. The largest absolute Gasteiger partial charge is 0.355 e. The number of amides is 2. The fourth-order valence-corrected chi connectivity index (χ4v) is 6.85. The molecule has 230 valence electrons. The number of aryl methyl sites for hydroxylation is 2. The Hall–Kier alpha value is -3.85. The van der Waals surface area contributed by atoms with Crippen LogP contribution >= 0.6 is 23.2 Å². The highest BCUT2D eigenvalue weighted by atomic mass is 35.5. The van der Waals surface area contributed by atoms with Crippen LogP contribution in [0, 0.1) is 13.8 Å². The van der Waals surface area contributed by atoms with Gasteiger partial charge in [0.1, 0.15) is 12.6 Å². The minimum Gasteiger partial charge on any atom is -0.355 e. The van der Waals surface area contributed by atoms with E-state index in [-0.39, 0.29) is 23.8 Å². The van der Waals surface area contributed by atoms with E-state index in [9.17, 15) is 18.0 Å². The summed E-state index contributed by atoms with van der Waals surface area (Å²) in [5, 5.41) is 3.77. The second-order valence-electron chi connectivity index (χ2n) is 10.5. The molecule has 1 atom stereocenters. The molecule has 0 spiro atoms. The quantitative estimate of drug-likeness (QED) is 0.187. The van der Waals surface area contributed by atoms with Gasteiger partial charge in [-0.3, -0.25) is 13.9 Å². The first-order chi connectivity index (χ1) is 21.0. The number of nitrogens with one attached hydrogen (secondary N) is 1. The smallest absolute Gasteiger partial charge is 0.264 e. The van der Waals surface area contributed by atoms with Crippen LogP contribution in [0.25, 0.3) is 0 Å². The van der Waals surface area contributed by atoms with Crippen molar-refractivity contribution < 1.29 is 18.0 Å². The standard InChI is InChI=1S/C34H35Cl2N3O4S/c1-4-37-34(41)32(21-26-9-6-5-7-10-26)38(22-27-11-8-12-28(35)20-27)33(40)23-39(31-18-15-29(36)19-25(31)3)44(42,43)30-16-13-24(2)14-17-30/h5-20,32H,4,21-23H2,1-3H3,(H,37,41)/t32-/m1/s1. The average molecular weight is 653 g/mol. The third kappa shape index (κ3) is 8.20. The third-order valence-corrected chi connectivity index (χ3v) is 9.42. The van der Waals surface area contributed by atoms with E-state index in [1.165, 1.54) is 17.0 Å². The number of carbonyl (C=O) groups excluding carboxylic acids is 2. The summed E-state index contributed by atoms with van der Waals surface area (Å²) in [7, 11) is -4.21. The normalized spacial score (nSPS) is 11.9. The summed E-state index contributed by atoms with van der Waals surface area (Å²) >= 11 is 12.5. The fraction of sp³-hybridized carbons (Fsp3) is 0.235. The Morgan fingerprint density at radius 3 is 2.11 bits per heavy atom. The number of anilines is 1. The Labute approximate surface area is 269 Å². The van der Waals surface area contributed by atoms with Crippen LogP contribution in [0.2, 0.25) is 10.0 Å². The zero-order chi connectivity index (χ0) is 31.9. The lowest BCUT2D eigenvalue weighted by Crippen LogP contribution is -2.53. The molecule has 44 heavy (non-hydrogen) atoms.